The van der Waals surface area contributed by atoms with E-state index in [4.69, 9.17) is 0 Å². The molecule has 2 heteroatoms. The molecule has 0 bridgehead atoms. The van der Waals surface area contributed by atoms with Crippen LogP contribution in [0.1, 0.15) is 19.8 Å². The molecule has 0 amide bonds. The molecular weight excluding hydrogens is 190 g/mol. The van der Waals surface area contributed by atoms with Crippen molar-refractivity contribution in [1.82, 2.24) is 0 Å². The van der Waals surface area contributed by atoms with Crippen molar-refractivity contribution in [2.24, 2.45) is 4.99 Å². The molecule has 0 aromatic rings. The minimum atomic E-state index is 1.08. The molecule has 0 radical (unpaired) electrons. The highest BCUT2D eigenvalue weighted by atomic mass is 79.9. The number of halogens is 1. The molecule has 0 aliphatic rings. The molecule has 0 aromatic heterocycles. The topological polar surface area (TPSA) is 12.4 Å². The van der Waals surface area contributed by atoms with Crippen molar-refractivity contribution in [2.45, 2.75) is 19.8 Å². The first-order valence-corrected chi connectivity index (χ1v) is 4.07. The molecule has 0 saturated heterocycles. The maximum absolute atomic E-state index is 3.57. The number of rotatable bonds is 4. The minimum absolute atomic E-state index is 1.08. The van der Waals surface area contributed by atoms with Gasteiger partial charge in [-0.05, 0) is 23.7 Å². The molecule has 0 aromatic carbocycles. The van der Waals surface area contributed by atoms with Crippen molar-refractivity contribution in [3.05, 3.63) is 22.8 Å². The van der Waals surface area contributed by atoms with Crippen molar-refractivity contribution in [3.8, 4) is 0 Å². The molecule has 0 spiro atoms. The molecule has 0 heterocycles. The maximum Gasteiger partial charge on any atom is 0.0260 e. The first-order valence-electron chi connectivity index (χ1n) is 3.28. The lowest BCUT2D eigenvalue weighted by molar-refractivity contribution is 0.950. The Hall–Kier alpha value is -0.370. The Morgan fingerprint density at radius 3 is 2.90 bits per heavy atom. The molecule has 10 heavy (non-hydrogen) atoms. The highest BCUT2D eigenvalue weighted by Gasteiger charge is 1.84. The second-order valence-electron chi connectivity index (χ2n) is 1.89. The standard InChI is InChI=1S/C8H12BrN/c1-3-5-8(9)6-4-7-10-2/h4,6-7H,2-3,5H2,1H3/b7-4-,8-6+. The zero-order valence-corrected chi connectivity index (χ0v) is 7.76. The van der Waals surface area contributed by atoms with Gasteiger partial charge in [0, 0.05) is 6.20 Å². The highest BCUT2D eigenvalue weighted by Crippen LogP contribution is 2.11. The zero-order chi connectivity index (χ0) is 7.82. The van der Waals surface area contributed by atoms with E-state index in [1.54, 1.807) is 6.20 Å². The van der Waals surface area contributed by atoms with Crippen molar-refractivity contribution >= 4 is 22.6 Å². The van der Waals surface area contributed by atoms with Gasteiger partial charge in [-0.15, -0.1) is 0 Å². The Kier molecular flexibility index (Phi) is 6.50. The van der Waals surface area contributed by atoms with E-state index in [0.717, 1.165) is 12.8 Å². The van der Waals surface area contributed by atoms with Crippen LogP contribution in [-0.4, -0.2) is 6.72 Å². The van der Waals surface area contributed by atoms with E-state index < -0.39 is 0 Å². The number of allylic oxidation sites excluding steroid dienone is 3. The number of nitrogens with zero attached hydrogens (tertiary/aromatic N) is 1. The largest absolute Gasteiger partial charge is 0.273 e. The van der Waals surface area contributed by atoms with Crippen LogP contribution in [0.3, 0.4) is 0 Å². The first-order chi connectivity index (χ1) is 4.81. The molecule has 1 nitrogen and oxygen atoms in total. The van der Waals surface area contributed by atoms with Gasteiger partial charge in [0.2, 0.25) is 0 Å². The SMILES string of the molecule is C=N/C=C\C=C(\Br)CCC. The quantitative estimate of drug-likeness (QED) is 0.490. The maximum atomic E-state index is 3.57. The molecule has 56 valence electrons. The molecule has 0 rings (SSSR count). The smallest absolute Gasteiger partial charge is 0.0260 e. The van der Waals surface area contributed by atoms with Gasteiger partial charge < -0.3 is 0 Å². The third kappa shape index (κ3) is 5.76. The Morgan fingerprint density at radius 1 is 1.70 bits per heavy atom. The first kappa shape index (κ1) is 9.63. The third-order valence-corrected chi connectivity index (χ3v) is 1.62. The molecule has 0 N–H and O–H groups in total. The van der Waals surface area contributed by atoms with Gasteiger partial charge in [0.1, 0.15) is 0 Å². The van der Waals surface area contributed by atoms with E-state index in [-0.39, 0.29) is 0 Å². The van der Waals surface area contributed by atoms with Crippen molar-refractivity contribution < 1.29 is 0 Å². The average molecular weight is 202 g/mol. The number of hydrogen-bond acceptors (Lipinski definition) is 1. The van der Waals surface area contributed by atoms with Crippen molar-refractivity contribution in [2.75, 3.05) is 0 Å². The van der Waals surface area contributed by atoms with E-state index in [1.165, 1.54) is 4.48 Å². The monoisotopic (exact) mass is 201 g/mol. The summed E-state index contributed by atoms with van der Waals surface area (Å²) in [5.74, 6) is 0. The van der Waals surface area contributed by atoms with Gasteiger partial charge >= 0.3 is 0 Å². The Balaban J connectivity index is 3.67. The summed E-state index contributed by atoms with van der Waals surface area (Å²) in [6.07, 6.45) is 7.76. The summed E-state index contributed by atoms with van der Waals surface area (Å²) in [4.78, 5) is 3.57. The van der Waals surface area contributed by atoms with Gasteiger partial charge in [-0.3, -0.25) is 4.99 Å². The summed E-state index contributed by atoms with van der Waals surface area (Å²) in [6, 6.07) is 0. The Morgan fingerprint density at radius 2 is 2.40 bits per heavy atom. The summed E-state index contributed by atoms with van der Waals surface area (Å²) in [5, 5.41) is 0. The van der Waals surface area contributed by atoms with E-state index >= 15 is 0 Å². The van der Waals surface area contributed by atoms with Crippen LogP contribution in [0.2, 0.25) is 0 Å². The molecule has 0 saturated carbocycles. The lowest BCUT2D eigenvalue weighted by atomic mass is 10.3. The normalized spacial score (nSPS) is 12.4. The fourth-order valence-electron chi connectivity index (χ4n) is 0.530. The molecule has 0 aliphatic heterocycles. The van der Waals surface area contributed by atoms with Crippen LogP contribution in [0.15, 0.2) is 27.8 Å². The Labute approximate surface area is 70.7 Å². The fraction of sp³-hybridized carbons (Fsp3) is 0.375. The van der Waals surface area contributed by atoms with E-state index in [9.17, 15) is 0 Å². The van der Waals surface area contributed by atoms with Crippen molar-refractivity contribution in [1.29, 1.82) is 0 Å². The van der Waals surface area contributed by atoms with Gasteiger partial charge in [-0.25, -0.2) is 0 Å². The van der Waals surface area contributed by atoms with Gasteiger partial charge in [-0.1, -0.05) is 35.4 Å². The summed E-state index contributed by atoms with van der Waals surface area (Å²) in [6.45, 7) is 5.47. The predicted octanol–water partition coefficient (Wildman–Crippen LogP) is 3.28. The second-order valence-corrected chi connectivity index (χ2v) is 2.91. The predicted molar refractivity (Wildman–Crippen MR) is 50.6 cm³/mol. The summed E-state index contributed by atoms with van der Waals surface area (Å²) in [5.41, 5.74) is 0. The Bertz CT molecular complexity index is 147. The number of aliphatic imine (C=N–C) groups is 1. The minimum Gasteiger partial charge on any atom is -0.273 e. The summed E-state index contributed by atoms with van der Waals surface area (Å²) >= 11 is 3.42. The summed E-state index contributed by atoms with van der Waals surface area (Å²) < 4.78 is 1.20. The molecule has 0 fully saturated rings. The number of hydrogen-bond donors (Lipinski definition) is 0. The van der Waals surface area contributed by atoms with Gasteiger partial charge in [-0.2, -0.15) is 0 Å². The lowest BCUT2D eigenvalue weighted by Gasteiger charge is -1.89. The second kappa shape index (κ2) is 6.75. The average Bonchev–Trinajstić information content (AvgIpc) is 1.89. The molecular formula is C8H12BrN. The highest BCUT2D eigenvalue weighted by molar-refractivity contribution is 9.11. The van der Waals surface area contributed by atoms with Gasteiger partial charge in [0.15, 0.2) is 0 Å². The van der Waals surface area contributed by atoms with E-state index in [2.05, 4.69) is 34.6 Å². The zero-order valence-electron chi connectivity index (χ0n) is 6.18. The molecule has 0 atom stereocenters. The van der Waals surface area contributed by atoms with Crippen LogP contribution in [0.4, 0.5) is 0 Å². The van der Waals surface area contributed by atoms with Crippen molar-refractivity contribution in [3.63, 3.8) is 0 Å². The van der Waals surface area contributed by atoms with E-state index in [1.807, 2.05) is 12.2 Å². The van der Waals surface area contributed by atoms with Crippen LogP contribution in [0.25, 0.3) is 0 Å². The van der Waals surface area contributed by atoms with Crippen LogP contribution < -0.4 is 0 Å². The van der Waals surface area contributed by atoms with Crippen LogP contribution >= 0.6 is 15.9 Å². The van der Waals surface area contributed by atoms with Gasteiger partial charge in [0.25, 0.3) is 0 Å². The van der Waals surface area contributed by atoms with E-state index in [0.29, 0.717) is 0 Å². The van der Waals surface area contributed by atoms with Gasteiger partial charge in [0.05, 0.1) is 0 Å². The summed E-state index contributed by atoms with van der Waals surface area (Å²) in [7, 11) is 0. The third-order valence-electron chi connectivity index (χ3n) is 0.957. The fourth-order valence-corrected chi connectivity index (χ4v) is 1.08. The van der Waals surface area contributed by atoms with Crippen LogP contribution in [0.5, 0.6) is 0 Å². The van der Waals surface area contributed by atoms with Crippen LogP contribution in [0, 0.1) is 0 Å². The molecule has 0 aliphatic carbocycles. The van der Waals surface area contributed by atoms with Crippen LogP contribution in [-0.2, 0) is 0 Å². The lowest BCUT2D eigenvalue weighted by Crippen LogP contribution is -1.67. The molecule has 0 unspecified atom stereocenters.